The van der Waals surface area contributed by atoms with Gasteiger partial charge >= 0.3 is 6.18 Å². The van der Waals surface area contributed by atoms with Gasteiger partial charge in [-0.25, -0.2) is 0 Å². The molecule has 0 aliphatic heterocycles. The minimum absolute atomic E-state index is 0.212. The highest BCUT2D eigenvalue weighted by molar-refractivity contribution is 5.90. The second-order valence-electron chi connectivity index (χ2n) is 9.25. The number of fused-ring (bicyclic) bond motifs is 2. The summed E-state index contributed by atoms with van der Waals surface area (Å²) in [5, 5.41) is 19.5. The number of nitrogens with two attached hydrogens (primary N) is 1. The number of hydrogen-bond donors (Lipinski definition) is 3. The Bertz CT molecular complexity index is 1440. The highest BCUT2D eigenvalue weighted by atomic mass is 19.4. The zero-order chi connectivity index (χ0) is 26.6. The van der Waals surface area contributed by atoms with E-state index < -0.39 is 17.3 Å². The first-order valence-corrected chi connectivity index (χ1v) is 11.9. The molecule has 1 heterocycles. The van der Waals surface area contributed by atoms with E-state index in [4.69, 9.17) is 14.9 Å². The number of hydrogen-bond acceptors (Lipinski definition) is 6. The Balaban J connectivity index is 1.44. The van der Waals surface area contributed by atoms with Crippen molar-refractivity contribution < 1.29 is 32.5 Å². The second kappa shape index (κ2) is 10.9. The minimum Gasteiger partial charge on any atom is -0.494 e. The largest absolute Gasteiger partial charge is 0.494 e. The van der Waals surface area contributed by atoms with Crippen molar-refractivity contribution in [1.82, 2.24) is 0 Å². The minimum atomic E-state index is -4.37. The van der Waals surface area contributed by atoms with Crippen molar-refractivity contribution in [3.8, 4) is 5.75 Å². The summed E-state index contributed by atoms with van der Waals surface area (Å²) >= 11 is 0. The summed E-state index contributed by atoms with van der Waals surface area (Å²) in [4.78, 5) is 13.1. The van der Waals surface area contributed by atoms with E-state index in [1.807, 2.05) is 0 Å². The monoisotopic (exact) mass is 515 g/mol. The van der Waals surface area contributed by atoms with Crippen molar-refractivity contribution in [2.75, 3.05) is 19.8 Å². The van der Waals surface area contributed by atoms with E-state index in [2.05, 4.69) is 0 Å². The maximum Gasteiger partial charge on any atom is 0.416 e. The van der Waals surface area contributed by atoms with Gasteiger partial charge in [0.1, 0.15) is 16.9 Å². The number of aliphatic hydroxyl groups is 2. The van der Waals surface area contributed by atoms with E-state index in [-0.39, 0.29) is 25.2 Å². The van der Waals surface area contributed by atoms with E-state index in [0.29, 0.717) is 58.9 Å². The van der Waals surface area contributed by atoms with Gasteiger partial charge in [0.2, 0.25) is 5.43 Å². The van der Waals surface area contributed by atoms with Gasteiger partial charge in [-0.05, 0) is 73.2 Å². The molecule has 6 nitrogen and oxygen atoms in total. The predicted molar refractivity (Wildman–Crippen MR) is 135 cm³/mol. The molecular weight excluding hydrogens is 487 g/mol. The molecule has 0 radical (unpaired) electrons. The van der Waals surface area contributed by atoms with Crippen molar-refractivity contribution in [1.29, 1.82) is 0 Å². The molecule has 37 heavy (non-hydrogen) atoms. The first-order valence-electron chi connectivity index (χ1n) is 11.9. The van der Waals surface area contributed by atoms with Crippen LogP contribution in [0.5, 0.6) is 5.75 Å². The Hall–Kier alpha value is -3.40. The van der Waals surface area contributed by atoms with Gasteiger partial charge in [0, 0.05) is 0 Å². The maximum absolute atomic E-state index is 13.1. The first kappa shape index (κ1) is 26.7. The Kier molecular flexibility index (Phi) is 7.87. The molecule has 3 aromatic carbocycles. The van der Waals surface area contributed by atoms with E-state index >= 15 is 0 Å². The van der Waals surface area contributed by atoms with Crippen molar-refractivity contribution in [2.45, 2.75) is 37.4 Å². The molecule has 4 N–H and O–H groups in total. The average molecular weight is 516 g/mol. The van der Waals surface area contributed by atoms with Gasteiger partial charge in [-0.15, -0.1) is 0 Å². The van der Waals surface area contributed by atoms with Crippen LogP contribution in [-0.2, 0) is 19.0 Å². The summed E-state index contributed by atoms with van der Waals surface area (Å²) in [5.74, 6) is 0.465. The standard InChI is InChI=1S/C28H28F3NO5/c29-28(30,31)20-5-1-3-18(13-20)4-2-12-36-21-7-9-24-23(15-21)26(35)22-8-6-19(14-25(22)37-24)10-11-27(32,16-33)17-34/h1,3,5-9,13-15,33-34H,2,4,10-12,16-17,32H2. The van der Waals surface area contributed by atoms with Crippen molar-refractivity contribution in [3.63, 3.8) is 0 Å². The topological polar surface area (TPSA) is 106 Å². The van der Waals surface area contributed by atoms with E-state index in [0.717, 1.165) is 17.7 Å². The normalized spacial score (nSPS) is 12.4. The molecule has 0 aliphatic rings. The number of benzene rings is 3. The number of aryl methyl sites for hydroxylation is 2. The molecule has 0 atom stereocenters. The number of alkyl halides is 3. The molecule has 0 aliphatic carbocycles. The van der Waals surface area contributed by atoms with Crippen LogP contribution in [0.4, 0.5) is 13.2 Å². The maximum atomic E-state index is 13.1. The van der Waals surface area contributed by atoms with Crippen LogP contribution in [0.25, 0.3) is 21.9 Å². The molecule has 0 bridgehead atoms. The van der Waals surface area contributed by atoms with Crippen LogP contribution in [0.2, 0.25) is 0 Å². The van der Waals surface area contributed by atoms with Crippen LogP contribution in [0, 0.1) is 0 Å². The van der Waals surface area contributed by atoms with E-state index in [9.17, 15) is 28.2 Å². The Morgan fingerprint density at radius 3 is 2.35 bits per heavy atom. The Labute approximate surface area is 211 Å². The third-order valence-electron chi connectivity index (χ3n) is 6.38. The smallest absolute Gasteiger partial charge is 0.416 e. The number of rotatable bonds is 10. The molecule has 0 amide bonds. The van der Waals surface area contributed by atoms with E-state index in [1.54, 1.807) is 42.5 Å². The molecule has 9 heteroatoms. The van der Waals surface area contributed by atoms with Gasteiger partial charge in [-0.1, -0.05) is 24.3 Å². The quantitative estimate of drug-likeness (QED) is 0.211. The zero-order valence-electron chi connectivity index (χ0n) is 20.1. The molecule has 0 spiro atoms. The Morgan fingerprint density at radius 1 is 0.865 bits per heavy atom. The lowest BCUT2D eigenvalue weighted by atomic mass is 9.93. The summed E-state index contributed by atoms with van der Waals surface area (Å²) in [6, 6.07) is 15.4. The molecule has 4 aromatic rings. The summed E-state index contributed by atoms with van der Waals surface area (Å²) in [6.07, 6.45) is -2.60. The predicted octanol–water partition coefficient (Wildman–Crippen LogP) is 4.59. The van der Waals surface area contributed by atoms with Crippen LogP contribution >= 0.6 is 0 Å². The average Bonchev–Trinajstić information content (AvgIpc) is 2.89. The third kappa shape index (κ3) is 6.30. The van der Waals surface area contributed by atoms with Gasteiger partial charge in [-0.3, -0.25) is 4.79 Å². The molecule has 4 rings (SSSR count). The van der Waals surface area contributed by atoms with Crippen LogP contribution in [0.1, 0.15) is 29.5 Å². The van der Waals surface area contributed by atoms with Crippen molar-refractivity contribution in [3.05, 3.63) is 87.6 Å². The molecule has 0 saturated heterocycles. The summed E-state index contributed by atoms with van der Waals surface area (Å²) < 4.78 is 50.3. The molecule has 0 fully saturated rings. The fourth-order valence-electron chi connectivity index (χ4n) is 4.09. The Morgan fingerprint density at radius 2 is 1.62 bits per heavy atom. The fraction of sp³-hybridized carbons (Fsp3) is 0.321. The molecule has 0 unspecified atom stereocenters. The zero-order valence-corrected chi connectivity index (χ0v) is 20.1. The SMILES string of the molecule is NC(CO)(CO)CCc1ccc2c(=O)c3cc(OCCCc4cccc(C(F)(F)F)c4)ccc3oc2c1. The van der Waals surface area contributed by atoms with Gasteiger partial charge in [0.25, 0.3) is 0 Å². The van der Waals surface area contributed by atoms with Crippen LogP contribution in [0.3, 0.4) is 0 Å². The summed E-state index contributed by atoms with van der Waals surface area (Å²) in [5.41, 5.74) is 6.22. The van der Waals surface area contributed by atoms with Gasteiger partial charge in [-0.2, -0.15) is 13.2 Å². The molecule has 0 saturated carbocycles. The number of aliphatic hydroxyl groups excluding tert-OH is 2. The lowest BCUT2D eigenvalue weighted by Crippen LogP contribution is -2.47. The summed E-state index contributed by atoms with van der Waals surface area (Å²) in [7, 11) is 0. The van der Waals surface area contributed by atoms with Crippen LogP contribution in [0.15, 0.2) is 69.9 Å². The van der Waals surface area contributed by atoms with Crippen molar-refractivity contribution >= 4 is 21.9 Å². The van der Waals surface area contributed by atoms with Crippen molar-refractivity contribution in [2.24, 2.45) is 5.73 Å². The molecule has 1 aromatic heterocycles. The number of halogens is 3. The van der Waals surface area contributed by atoms with Gasteiger partial charge in [0.05, 0.1) is 41.7 Å². The lowest BCUT2D eigenvalue weighted by molar-refractivity contribution is -0.137. The summed E-state index contributed by atoms with van der Waals surface area (Å²) in [6.45, 7) is -0.409. The highest BCUT2D eigenvalue weighted by Gasteiger charge is 2.30. The highest BCUT2D eigenvalue weighted by Crippen LogP contribution is 2.30. The molecular formula is C28H28F3NO5. The fourth-order valence-corrected chi connectivity index (χ4v) is 4.09. The first-order chi connectivity index (χ1) is 17.6. The van der Waals surface area contributed by atoms with E-state index in [1.165, 1.54) is 6.07 Å². The van der Waals surface area contributed by atoms with Gasteiger partial charge in [0.15, 0.2) is 0 Å². The third-order valence-corrected chi connectivity index (χ3v) is 6.38. The second-order valence-corrected chi connectivity index (χ2v) is 9.25. The number of ether oxygens (including phenoxy) is 1. The van der Waals surface area contributed by atoms with Gasteiger partial charge < -0.3 is 25.1 Å². The molecule has 196 valence electrons. The van der Waals surface area contributed by atoms with Crippen LogP contribution in [-0.4, -0.2) is 35.6 Å². The lowest BCUT2D eigenvalue weighted by Gasteiger charge is -2.24. The van der Waals surface area contributed by atoms with Crippen LogP contribution < -0.4 is 15.9 Å².